The number of carbonyl (C=O) groups excluding carboxylic acids is 1. The predicted octanol–water partition coefficient (Wildman–Crippen LogP) is 3.34. The van der Waals surface area contributed by atoms with Gasteiger partial charge in [-0.1, -0.05) is 30.3 Å². The first-order chi connectivity index (χ1) is 12.6. The summed E-state index contributed by atoms with van der Waals surface area (Å²) in [5.74, 6) is 1.11. The number of benzene rings is 1. The number of likely N-dealkylation sites (tertiary alicyclic amines) is 2. The van der Waals surface area contributed by atoms with E-state index in [0.717, 1.165) is 25.9 Å². The van der Waals surface area contributed by atoms with Gasteiger partial charge in [0.1, 0.15) is 0 Å². The number of hydrogen-bond acceptors (Lipinski definition) is 2. The molecule has 140 valence electrons. The van der Waals surface area contributed by atoms with Crippen LogP contribution in [0.5, 0.6) is 0 Å². The summed E-state index contributed by atoms with van der Waals surface area (Å²) < 4.78 is 0. The monoisotopic (exact) mass is 353 g/mol. The minimum absolute atomic E-state index is 0.149. The van der Waals surface area contributed by atoms with E-state index in [2.05, 4.69) is 35.2 Å². The first kappa shape index (κ1) is 17.6. The molecule has 0 saturated carbocycles. The van der Waals surface area contributed by atoms with Crippen LogP contribution >= 0.6 is 0 Å². The summed E-state index contributed by atoms with van der Waals surface area (Å²) in [7, 11) is 3.68. The molecule has 0 aromatic heterocycles. The van der Waals surface area contributed by atoms with E-state index in [0.29, 0.717) is 11.8 Å². The Hall–Kier alpha value is -1.81. The van der Waals surface area contributed by atoms with Crippen molar-refractivity contribution in [3.8, 4) is 0 Å². The van der Waals surface area contributed by atoms with E-state index in [1.54, 1.807) is 4.90 Å². The highest BCUT2D eigenvalue weighted by atomic mass is 16.2. The Bertz CT molecular complexity index is 673. The van der Waals surface area contributed by atoms with Crippen LogP contribution in [0.2, 0.25) is 0 Å². The SMILES string of the molecule is CN(C)C(=O)N1C[C@H]2CC=C(c3ccc(CCN4CCCC4)cc3)[C@H]2C1. The van der Waals surface area contributed by atoms with E-state index in [9.17, 15) is 4.79 Å². The molecule has 2 atom stereocenters. The zero-order valence-electron chi connectivity index (χ0n) is 16.2. The lowest BCUT2D eigenvalue weighted by Crippen LogP contribution is -2.38. The molecule has 0 unspecified atom stereocenters. The normalized spacial score (nSPS) is 25.5. The molecule has 1 aromatic carbocycles. The second kappa shape index (κ2) is 7.43. The molecule has 0 bridgehead atoms. The number of rotatable bonds is 4. The number of hydrogen-bond donors (Lipinski definition) is 0. The van der Waals surface area contributed by atoms with Crippen molar-refractivity contribution in [2.45, 2.75) is 25.7 Å². The number of fused-ring (bicyclic) bond motifs is 1. The van der Waals surface area contributed by atoms with Crippen molar-refractivity contribution in [1.82, 2.24) is 14.7 Å². The zero-order valence-corrected chi connectivity index (χ0v) is 16.2. The predicted molar refractivity (Wildman–Crippen MR) is 106 cm³/mol. The van der Waals surface area contributed by atoms with Crippen molar-refractivity contribution in [3.63, 3.8) is 0 Å². The maximum atomic E-state index is 12.3. The molecule has 2 aliphatic heterocycles. The molecule has 4 heteroatoms. The van der Waals surface area contributed by atoms with Crippen LogP contribution in [0.3, 0.4) is 0 Å². The molecule has 0 spiro atoms. The minimum atomic E-state index is 0.149. The Labute approximate surface area is 157 Å². The van der Waals surface area contributed by atoms with Crippen LogP contribution in [0.1, 0.15) is 30.4 Å². The van der Waals surface area contributed by atoms with E-state index in [1.807, 2.05) is 19.0 Å². The maximum Gasteiger partial charge on any atom is 0.319 e. The molecule has 2 heterocycles. The van der Waals surface area contributed by atoms with Gasteiger partial charge in [0.2, 0.25) is 0 Å². The molecule has 4 nitrogen and oxygen atoms in total. The molecule has 0 radical (unpaired) electrons. The van der Waals surface area contributed by atoms with Gasteiger partial charge in [-0.3, -0.25) is 0 Å². The van der Waals surface area contributed by atoms with Crippen LogP contribution in [0.15, 0.2) is 30.3 Å². The zero-order chi connectivity index (χ0) is 18.1. The first-order valence-corrected chi connectivity index (χ1v) is 10.1. The summed E-state index contributed by atoms with van der Waals surface area (Å²) in [6.07, 6.45) is 7.39. The summed E-state index contributed by atoms with van der Waals surface area (Å²) in [4.78, 5) is 18.6. The molecule has 2 saturated heterocycles. The largest absolute Gasteiger partial charge is 0.331 e. The van der Waals surface area contributed by atoms with Gasteiger partial charge in [0, 0.05) is 39.6 Å². The molecular weight excluding hydrogens is 322 g/mol. The van der Waals surface area contributed by atoms with Crippen LogP contribution in [-0.4, -0.2) is 67.5 Å². The van der Waals surface area contributed by atoms with Crippen LogP contribution in [0, 0.1) is 11.8 Å². The van der Waals surface area contributed by atoms with Crippen molar-refractivity contribution in [2.75, 3.05) is 46.8 Å². The van der Waals surface area contributed by atoms with Gasteiger partial charge in [-0.05, 0) is 61.4 Å². The Kier molecular flexibility index (Phi) is 5.03. The van der Waals surface area contributed by atoms with Crippen LogP contribution in [0.4, 0.5) is 4.79 Å². The average molecular weight is 354 g/mol. The lowest BCUT2D eigenvalue weighted by atomic mass is 9.90. The second-order valence-electron chi connectivity index (χ2n) is 8.34. The minimum Gasteiger partial charge on any atom is -0.331 e. The third kappa shape index (κ3) is 3.52. The fraction of sp³-hybridized carbons (Fsp3) is 0.591. The van der Waals surface area contributed by atoms with Crippen molar-refractivity contribution in [1.29, 1.82) is 0 Å². The molecule has 0 N–H and O–H groups in total. The van der Waals surface area contributed by atoms with Crippen molar-refractivity contribution >= 4 is 11.6 Å². The van der Waals surface area contributed by atoms with Gasteiger partial charge in [-0.15, -0.1) is 0 Å². The van der Waals surface area contributed by atoms with Crippen LogP contribution in [-0.2, 0) is 6.42 Å². The van der Waals surface area contributed by atoms with Gasteiger partial charge in [-0.25, -0.2) is 4.79 Å². The van der Waals surface area contributed by atoms with Gasteiger partial charge in [0.25, 0.3) is 0 Å². The number of urea groups is 1. The number of amides is 2. The number of allylic oxidation sites excluding steroid dienone is 1. The Morgan fingerprint density at radius 2 is 1.85 bits per heavy atom. The van der Waals surface area contributed by atoms with Crippen molar-refractivity contribution in [2.24, 2.45) is 11.8 Å². The molecule has 3 aliphatic rings. The highest BCUT2D eigenvalue weighted by Gasteiger charge is 2.40. The summed E-state index contributed by atoms with van der Waals surface area (Å²) in [6.45, 7) is 5.50. The van der Waals surface area contributed by atoms with Gasteiger partial charge in [0.05, 0.1) is 0 Å². The molecule has 26 heavy (non-hydrogen) atoms. The number of nitrogens with zero attached hydrogens (tertiary/aromatic N) is 3. The van der Waals surface area contributed by atoms with Crippen LogP contribution < -0.4 is 0 Å². The maximum absolute atomic E-state index is 12.3. The Balaban J connectivity index is 1.38. The molecule has 4 rings (SSSR count). The Morgan fingerprint density at radius 3 is 2.54 bits per heavy atom. The average Bonchev–Trinajstić information content (AvgIpc) is 3.36. The molecule has 2 amide bonds. The number of carbonyl (C=O) groups is 1. The summed E-state index contributed by atoms with van der Waals surface area (Å²) in [5.41, 5.74) is 4.24. The Morgan fingerprint density at radius 1 is 1.12 bits per heavy atom. The summed E-state index contributed by atoms with van der Waals surface area (Å²) in [6, 6.07) is 9.35. The fourth-order valence-electron chi connectivity index (χ4n) is 4.82. The highest BCUT2D eigenvalue weighted by Crippen LogP contribution is 2.43. The van der Waals surface area contributed by atoms with Gasteiger partial charge in [-0.2, -0.15) is 0 Å². The first-order valence-electron chi connectivity index (χ1n) is 10.1. The summed E-state index contributed by atoms with van der Waals surface area (Å²) >= 11 is 0. The van der Waals surface area contributed by atoms with E-state index >= 15 is 0 Å². The lowest BCUT2D eigenvalue weighted by Gasteiger charge is -2.22. The molecule has 2 fully saturated rings. The fourth-order valence-corrected chi connectivity index (χ4v) is 4.82. The van der Waals surface area contributed by atoms with E-state index in [1.165, 1.54) is 49.2 Å². The lowest BCUT2D eigenvalue weighted by molar-refractivity contribution is 0.179. The topological polar surface area (TPSA) is 26.8 Å². The highest BCUT2D eigenvalue weighted by molar-refractivity contribution is 5.77. The standard InChI is InChI=1S/C22H31N3O/c1-23(2)22(26)25-15-19-9-10-20(21(19)16-25)18-7-5-17(6-8-18)11-14-24-12-3-4-13-24/h5-8,10,19,21H,3-4,9,11-16H2,1-2H3/t19-,21+/m1/s1. The third-order valence-electron chi connectivity index (χ3n) is 6.34. The third-order valence-corrected chi connectivity index (χ3v) is 6.34. The quantitative estimate of drug-likeness (QED) is 0.830. The molecule has 1 aliphatic carbocycles. The van der Waals surface area contributed by atoms with E-state index in [-0.39, 0.29) is 6.03 Å². The van der Waals surface area contributed by atoms with Gasteiger partial charge < -0.3 is 14.7 Å². The summed E-state index contributed by atoms with van der Waals surface area (Å²) in [5, 5.41) is 0. The second-order valence-corrected chi connectivity index (χ2v) is 8.34. The van der Waals surface area contributed by atoms with E-state index < -0.39 is 0 Å². The van der Waals surface area contributed by atoms with Gasteiger partial charge in [0.15, 0.2) is 0 Å². The van der Waals surface area contributed by atoms with Crippen LogP contribution in [0.25, 0.3) is 5.57 Å². The van der Waals surface area contributed by atoms with Crippen molar-refractivity contribution < 1.29 is 4.79 Å². The molecule has 1 aromatic rings. The molecular formula is C22H31N3O. The van der Waals surface area contributed by atoms with Gasteiger partial charge >= 0.3 is 6.03 Å². The smallest absolute Gasteiger partial charge is 0.319 e. The van der Waals surface area contributed by atoms with E-state index in [4.69, 9.17) is 0 Å². The van der Waals surface area contributed by atoms with Crippen molar-refractivity contribution in [3.05, 3.63) is 41.5 Å².